The second-order valence-corrected chi connectivity index (χ2v) is 5.60. The van der Waals surface area contributed by atoms with E-state index >= 15 is 0 Å². The summed E-state index contributed by atoms with van der Waals surface area (Å²) >= 11 is 6.03. The van der Waals surface area contributed by atoms with E-state index in [2.05, 4.69) is 10.3 Å². The highest BCUT2D eigenvalue weighted by Crippen LogP contribution is 2.23. The van der Waals surface area contributed by atoms with Crippen molar-refractivity contribution in [2.24, 2.45) is 5.92 Å². The average molecular weight is 283 g/mol. The number of hydrogen-bond acceptors (Lipinski definition) is 3. The molecule has 0 atom stereocenters. The van der Waals surface area contributed by atoms with Crippen LogP contribution < -0.4 is 5.32 Å². The molecule has 0 spiro atoms. The molecule has 0 aromatic carbocycles. The molecule has 1 aromatic rings. The number of aliphatic hydroxyl groups excluding tert-OH is 1. The molecule has 2 N–H and O–H groups in total. The van der Waals surface area contributed by atoms with Crippen LogP contribution in [-0.4, -0.2) is 28.6 Å². The summed E-state index contributed by atoms with van der Waals surface area (Å²) in [6.07, 6.45) is 4.92. The summed E-state index contributed by atoms with van der Waals surface area (Å²) in [4.78, 5) is 16.1. The van der Waals surface area contributed by atoms with Crippen LogP contribution in [0.5, 0.6) is 0 Å². The molecule has 19 heavy (non-hydrogen) atoms. The summed E-state index contributed by atoms with van der Waals surface area (Å²) in [7, 11) is 0. The molecular weight excluding hydrogens is 264 g/mol. The minimum atomic E-state index is -0.177. The molecule has 104 valence electrons. The number of halogens is 1. The average Bonchev–Trinajstić information content (AvgIpc) is 2.37. The molecule has 0 aliphatic heterocycles. The summed E-state index contributed by atoms with van der Waals surface area (Å²) in [5, 5.41) is 12.8. The van der Waals surface area contributed by atoms with Gasteiger partial charge in [-0.2, -0.15) is 0 Å². The lowest BCUT2D eigenvalue weighted by Crippen LogP contribution is -2.32. The van der Waals surface area contributed by atoms with E-state index in [-0.39, 0.29) is 12.0 Å². The Bertz CT molecular complexity index is 457. The quantitative estimate of drug-likeness (QED) is 0.894. The first kappa shape index (κ1) is 14.3. The summed E-state index contributed by atoms with van der Waals surface area (Å²) < 4.78 is 0. The first-order chi connectivity index (χ1) is 9.06. The molecule has 1 aliphatic carbocycles. The molecular formula is C14H19ClN2O2. The molecule has 0 saturated heterocycles. The lowest BCUT2D eigenvalue weighted by Gasteiger charge is -2.25. The van der Waals surface area contributed by atoms with E-state index in [4.69, 9.17) is 11.6 Å². The van der Waals surface area contributed by atoms with E-state index in [1.807, 2.05) is 6.92 Å². The maximum Gasteiger partial charge on any atom is 0.254 e. The van der Waals surface area contributed by atoms with E-state index < -0.39 is 0 Å². The summed E-state index contributed by atoms with van der Waals surface area (Å²) in [6, 6.07) is 1.69. The first-order valence-corrected chi connectivity index (χ1v) is 7.02. The molecule has 0 bridgehead atoms. The van der Waals surface area contributed by atoms with Crippen molar-refractivity contribution in [3.63, 3.8) is 0 Å². The number of rotatable bonds is 3. The van der Waals surface area contributed by atoms with Gasteiger partial charge in [0.25, 0.3) is 5.91 Å². The topological polar surface area (TPSA) is 62.2 Å². The van der Waals surface area contributed by atoms with E-state index in [1.165, 1.54) is 6.20 Å². The van der Waals surface area contributed by atoms with Gasteiger partial charge in [0.15, 0.2) is 0 Å². The SMILES string of the molecule is Cc1cc(Cl)c(C(=O)NCC2CCC(O)CC2)cn1. The Hall–Kier alpha value is -1.13. The Labute approximate surface area is 118 Å². The van der Waals surface area contributed by atoms with Gasteiger partial charge in [0.2, 0.25) is 0 Å². The van der Waals surface area contributed by atoms with Crippen molar-refractivity contribution in [3.8, 4) is 0 Å². The molecule has 2 rings (SSSR count). The third kappa shape index (κ3) is 3.91. The van der Waals surface area contributed by atoms with Gasteiger partial charge in [0.1, 0.15) is 0 Å². The second kappa shape index (κ2) is 6.35. The van der Waals surface area contributed by atoms with Crippen LogP contribution in [0.4, 0.5) is 0 Å². The van der Waals surface area contributed by atoms with Gasteiger partial charge in [-0.05, 0) is 44.6 Å². The van der Waals surface area contributed by atoms with Crippen LogP contribution in [0.25, 0.3) is 0 Å². The Morgan fingerprint density at radius 3 is 2.79 bits per heavy atom. The monoisotopic (exact) mass is 282 g/mol. The van der Waals surface area contributed by atoms with Gasteiger partial charge in [-0.1, -0.05) is 11.6 Å². The molecule has 1 aromatic heterocycles. The molecule has 1 saturated carbocycles. The largest absolute Gasteiger partial charge is 0.393 e. The standard InChI is InChI=1S/C14H19ClN2O2/c1-9-6-13(15)12(8-16-9)14(19)17-7-10-2-4-11(18)5-3-10/h6,8,10-11,18H,2-5,7H2,1H3,(H,17,19). The van der Waals surface area contributed by atoms with Crippen LogP contribution in [0.1, 0.15) is 41.7 Å². The van der Waals surface area contributed by atoms with Crippen molar-refractivity contribution >= 4 is 17.5 Å². The summed E-state index contributed by atoms with van der Waals surface area (Å²) in [5.41, 5.74) is 1.21. The molecule has 1 heterocycles. The summed E-state index contributed by atoms with van der Waals surface area (Å²) in [6.45, 7) is 2.47. The highest BCUT2D eigenvalue weighted by molar-refractivity contribution is 6.33. The maximum atomic E-state index is 12.0. The number of pyridine rings is 1. The van der Waals surface area contributed by atoms with Crippen molar-refractivity contribution in [2.45, 2.75) is 38.7 Å². The van der Waals surface area contributed by atoms with Gasteiger partial charge in [0, 0.05) is 18.4 Å². The molecule has 1 amide bonds. The molecule has 0 unspecified atom stereocenters. The van der Waals surface area contributed by atoms with E-state index in [1.54, 1.807) is 6.07 Å². The number of nitrogens with one attached hydrogen (secondary N) is 1. The molecule has 5 heteroatoms. The molecule has 1 aliphatic rings. The fourth-order valence-corrected chi connectivity index (χ4v) is 2.67. The van der Waals surface area contributed by atoms with Gasteiger partial charge >= 0.3 is 0 Å². The van der Waals surface area contributed by atoms with Crippen LogP contribution in [0.2, 0.25) is 5.02 Å². The Kier molecular flexibility index (Phi) is 4.77. The van der Waals surface area contributed by atoms with Gasteiger partial charge in [-0.3, -0.25) is 9.78 Å². The fraction of sp³-hybridized carbons (Fsp3) is 0.571. The second-order valence-electron chi connectivity index (χ2n) is 5.19. The van der Waals surface area contributed by atoms with Crippen molar-refractivity contribution in [1.82, 2.24) is 10.3 Å². The third-order valence-corrected chi connectivity index (χ3v) is 3.92. The normalized spacial score (nSPS) is 23.1. The number of carbonyl (C=O) groups excluding carboxylic acids is 1. The molecule has 1 fully saturated rings. The summed E-state index contributed by atoms with van der Waals surface area (Å²) in [5.74, 6) is 0.271. The van der Waals surface area contributed by atoms with Crippen molar-refractivity contribution in [1.29, 1.82) is 0 Å². The maximum absolute atomic E-state index is 12.0. The zero-order chi connectivity index (χ0) is 13.8. The van der Waals surface area contributed by atoms with E-state index in [0.717, 1.165) is 31.4 Å². The predicted molar refractivity (Wildman–Crippen MR) is 74.3 cm³/mol. The van der Waals surface area contributed by atoms with Gasteiger partial charge in [0.05, 0.1) is 16.7 Å². The van der Waals surface area contributed by atoms with Gasteiger partial charge in [-0.25, -0.2) is 0 Å². The molecule has 0 radical (unpaired) electrons. The van der Waals surface area contributed by atoms with Crippen LogP contribution in [0, 0.1) is 12.8 Å². The Morgan fingerprint density at radius 1 is 1.47 bits per heavy atom. The Morgan fingerprint density at radius 2 is 2.16 bits per heavy atom. The zero-order valence-electron chi connectivity index (χ0n) is 11.0. The lowest BCUT2D eigenvalue weighted by molar-refractivity contribution is 0.0910. The number of hydrogen-bond donors (Lipinski definition) is 2. The molecule has 4 nitrogen and oxygen atoms in total. The Balaban J connectivity index is 1.87. The van der Waals surface area contributed by atoms with E-state index in [0.29, 0.717) is 23.0 Å². The predicted octanol–water partition coefficient (Wildman–Crippen LogP) is 2.32. The number of aliphatic hydroxyl groups is 1. The minimum absolute atomic E-state index is 0.164. The van der Waals surface area contributed by atoms with Crippen LogP contribution >= 0.6 is 11.6 Å². The van der Waals surface area contributed by atoms with Crippen molar-refractivity contribution < 1.29 is 9.90 Å². The number of aromatic nitrogens is 1. The van der Waals surface area contributed by atoms with E-state index in [9.17, 15) is 9.90 Å². The smallest absolute Gasteiger partial charge is 0.254 e. The van der Waals surface area contributed by atoms with Crippen molar-refractivity contribution in [3.05, 3.63) is 28.5 Å². The lowest BCUT2D eigenvalue weighted by atomic mass is 9.87. The van der Waals surface area contributed by atoms with Gasteiger partial charge in [-0.15, -0.1) is 0 Å². The van der Waals surface area contributed by atoms with Crippen LogP contribution in [0.15, 0.2) is 12.3 Å². The van der Waals surface area contributed by atoms with Crippen LogP contribution in [-0.2, 0) is 0 Å². The van der Waals surface area contributed by atoms with Crippen LogP contribution in [0.3, 0.4) is 0 Å². The number of carbonyl (C=O) groups is 1. The third-order valence-electron chi connectivity index (χ3n) is 3.60. The highest BCUT2D eigenvalue weighted by Gasteiger charge is 2.20. The zero-order valence-corrected chi connectivity index (χ0v) is 11.8. The minimum Gasteiger partial charge on any atom is -0.393 e. The number of nitrogens with zero attached hydrogens (tertiary/aromatic N) is 1. The van der Waals surface area contributed by atoms with Crippen molar-refractivity contribution in [2.75, 3.05) is 6.54 Å². The first-order valence-electron chi connectivity index (χ1n) is 6.64. The fourth-order valence-electron chi connectivity index (χ4n) is 2.37. The highest BCUT2D eigenvalue weighted by atomic mass is 35.5. The number of aryl methyl sites for hydroxylation is 1. The van der Waals surface area contributed by atoms with Gasteiger partial charge < -0.3 is 10.4 Å². The number of amides is 1.